The molecule has 5 nitrogen and oxygen atoms in total. The van der Waals surface area contributed by atoms with E-state index in [-0.39, 0.29) is 17.9 Å². The van der Waals surface area contributed by atoms with E-state index in [1.54, 1.807) is 12.1 Å². The van der Waals surface area contributed by atoms with E-state index < -0.39 is 0 Å². The summed E-state index contributed by atoms with van der Waals surface area (Å²) in [5, 5.41) is 18.5. The summed E-state index contributed by atoms with van der Waals surface area (Å²) < 4.78 is 1.24. The summed E-state index contributed by atoms with van der Waals surface area (Å²) in [5.41, 5.74) is 4.44. The number of aromatic nitrogens is 2. The maximum Gasteiger partial charge on any atom is 0.277 e. The van der Waals surface area contributed by atoms with Gasteiger partial charge in [-0.3, -0.25) is 4.79 Å². The zero-order chi connectivity index (χ0) is 18.6. The Morgan fingerprint density at radius 3 is 2.65 bits per heavy atom. The summed E-state index contributed by atoms with van der Waals surface area (Å²) in [5.74, 6) is -0.249. The van der Waals surface area contributed by atoms with Gasteiger partial charge in [-0.1, -0.05) is 40.9 Å². The van der Waals surface area contributed by atoms with Crippen molar-refractivity contribution in [1.29, 1.82) is 0 Å². The first-order chi connectivity index (χ1) is 12.3. The van der Waals surface area contributed by atoms with Crippen LogP contribution in [0.3, 0.4) is 0 Å². The molecular formula is C19H15Cl2N3O2. The fourth-order valence-electron chi connectivity index (χ4n) is 3.27. The number of nitrogens with zero attached hydrogens (tertiary/aromatic N) is 2. The maximum absolute atomic E-state index is 13.1. The molecular weight excluding hydrogens is 373 g/mol. The Balaban J connectivity index is 1.92. The number of anilines is 2. The van der Waals surface area contributed by atoms with Crippen molar-refractivity contribution in [2.45, 2.75) is 20.3 Å². The summed E-state index contributed by atoms with van der Waals surface area (Å²) in [6.45, 7) is 3.88. The van der Waals surface area contributed by atoms with Gasteiger partial charge >= 0.3 is 0 Å². The zero-order valence-corrected chi connectivity index (χ0v) is 15.6. The van der Waals surface area contributed by atoms with Crippen LogP contribution in [0.4, 0.5) is 11.4 Å². The van der Waals surface area contributed by atoms with Crippen LogP contribution in [-0.4, -0.2) is 14.9 Å². The molecule has 4 rings (SSSR count). The largest absolute Gasteiger partial charge is 0.491 e. The summed E-state index contributed by atoms with van der Waals surface area (Å²) in [7, 11) is 0. The normalized spacial score (nSPS) is 12.3. The predicted molar refractivity (Wildman–Crippen MR) is 104 cm³/mol. The van der Waals surface area contributed by atoms with E-state index in [1.807, 2.05) is 32.0 Å². The Labute approximate surface area is 159 Å². The highest BCUT2D eigenvalue weighted by atomic mass is 35.5. The second kappa shape index (κ2) is 6.04. The Kier molecular flexibility index (Phi) is 3.93. The van der Waals surface area contributed by atoms with Crippen molar-refractivity contribution in [2.24, 2.45) is 0 Å². The molecule has 0 fully saturated rings. The zero-order valence-electron chi connectivity index (χ0n) is 14.1. The minimum absolute atomic E-state index is 0.249. The molecule has 2 aromatic carbocycles. The van der Waals surface area contributed by atoms with Crippen LogP contribution in [0, 0.1) is 13.8 Å². The van der Waals surface area contributed by atoms with E-state index in [0.717, 1.165) is 16.7 Å². The van der Waals surface area contributed by atoms with Gasteiger partial charge in [0.05, 0.1) is 11.3 Å². The maximum atomic E-state index is 13.1. The Morgan fingerprint density at radius 2 is 1.92 bits per heavy atom. The van der Waals surface area contributed by atoms with Crippen LogP contribution >= 0.6 is 23.2 Å². The third-order valence-corrected chi connectivity index (χ3v) is 5.08. The van der Waals surface area contributed by atoms with Crippen molar-refractivity contribution >= 4 is 34.6 Å². The smallest absolute Gasteiger partial charge is 0.277 e. The predicted octanol–water partition coefficient (Wildman–Crippen LogP) is 4.51. The van der Waals surface area contributed by atoms with E-state index in [4.69, 9.17) is 23.2 Å². The second-order valence-corrected chi connectivity index (χ2v) is 7.24. The Hall–Kier alpha value is -2.50. The van der Waals surface area contributed by atoms with Gasteiger partial charge < -0.3 is 10.4 Å². The average Bonchev–Trinajstić information content (AvgIpc) is 2.57. The van der Waals surface area contributed by atoms with E-state index in [0.29, 0.717) is 32.7 Å². The topological polar surface area (TPSA) is 67.1 Å². The number of halogens is 2. The second-order valence-electron chi connectivity index (χ2n) is 6.40. The van der Waals surface area contributed by atoms with E-state index >= 15 is 0 Å². The molecule has 0 bridgehead atoms. The molecule has 2 N–H and O–H groups in total. The van der Waals surface area contributed by atoms with Crippen LogP contribution in [0.15, 0.2) is 35.1 Å². The molecule has 0 spiro atoms. The van der Waals surface area contributed by atoms with Crippen LogP contribution < -0.4 is 10.9 Å². The number of benzene rings is 2. The number of rotatable bonds is 1. The molecule has 1 aromatic heterocycles. The lowest BCUT2D eigenvalue weighted by Crippen LogP contribution is -2.28. The summed E-state index contributed by atoms with van der Waals surface area (Å²) in [4.78, 5) is 13.1. The molecule has 1 aliphatic heterocycles. The van der Waals surface area contributed by atoms with Crippen molar-refractivity contribution in [3.8, 4) is 11.6 Å². The van der Waals surface area contributed by atoms with Crippen molar-refractivity contribution in [3.63, 3.8) is 0 Å². The Morgan fingerprint density at radius 1 is 1.15 bits per heavy atom. The van der Waals surface area contributed by atoms with Gasteiger partial charge in [-0.15, -0.1) is 5.10 Å². The summed E-state index contributed by atoms with van der Waals surface area (Å²) in [6, 6.07) is 9.03. The fourth-order valence-corrected chi connectivity index (χ4v) is 3.83. The van der Waals surface area contributed by atoms with Gasteiger partial charge in [-0.2, -0.15) is 4.68 Å². The number of nitrogens with one attached hydrogen (secondary N) is 1. The molecule has 132 valence electrons. The van der Waals surface area contributed by atoms with E-state index in [2.05, 4.69) is 10.4 Å². The highest BCUT2D eigenvalue weighted by Crippen LogP contribution is 2.40. The summed E-state index contributed by atoms with van der Waals surface area (Å²) >= 11 is 12.3. The third-order valence-electron chi connectivity index (χ3n) is 4.52. The van der Waals surface area contributed by atoms with Gasteiger partial charge in [0.2, 0.25) is 0 Å². The molecule has 0 aliphatic carbocycles. The molecule has 0 saturated carbocycles. The van der Waals surface area contributed by atoms with Gasteiger partial charge in [-0.25, -0.2) is 0 Å². The van der Waals surface area contributed by atoms with Gasteiger partial charge in [-0.05, 0) is 43.2 Å². The van der Waals surface area contributed by atoms with Crippen LogP contribution in [0.1, 0.15) is 22.3 Å². The number of hydrogen-bond donors (Lipinski definition) is 2. The first kappa shape index (κ1) is 16.9. The summed E-state index contributed by atoms with van der Waals surface area (Å²) in [6.07, 6.45) is 0.285. The van der Waals surface area contributed by atoms with Crippen molar-refractivity contribution in [2.75, 3.05) is 5.32 Å². The van der Waals surface area contributed by atoms with E-state index in [9.17, 15) is 9.90 Å². The molecule has 3 aromatic rings. The molecule has 0 saturated heterocycles. The van der Waals surface area contributed by atoms with Gasteiger partial charge in [0, 0.05) is 22.2 Å². The minimum Gasteiger partial charge on any atom is -0.491 e. The van der Waals surface area contributed by atoms with Gasteiger partial charge in [0.25, 0.3) is 11.4 Å². The third kappa shape index (κ3) is 2.64. The standard InChI is InChI=1S/C19H15Cl2N3O2/c1-9-3-4-16(10(2)5-9)24-19(26)13-8-12-14(21)6-11(20)7-15(12)22-17(13)18(25)23-24/h3-7,22H,8H2,1-2H3,(H,23,25). The van der Waals surface area contributed by atoms with Crippen LogP contribution in [-0.2, 0) is 6.42 Å². The SMILES string of the molecule is Cc1ccc(-n2nc(O)c3c(c2=O)Cc2c(Cl)cc(Cl)cc2N3)c(C)c1. The molecule has 26 heavy (non-hydrogen) atoms. The monoisotopic (exact) mass is 387 g/mol. The quantitative estimate of drug-likeness (QED) is 0.504. The molecule has 0 unspecified atom stereocenters. The van der Waals surface area contributed by atoms with Gasteiger partial charge in [0.15, 0.2) is 0 Å². The van der Waals surface area contributed by atoms with E-state index in [1.165, 1.54) is 4.68 Å². The highest BCUT2D eigenvalue weighted by molar-refractivity contribution is 6.35. The van der Waals surface area contributed by atoms with Crippen molar-refractivity contribution in [3.05, 3.63) is 73.0 Å². The lowest BCUT2D eigenvalue weighted by atomic mass is 9.98. The molecule has 0 atom stereocenters. The molecule has 0 amide bonds. The first-order valence-electron chi connectivity index (χ1n) is 8.03. The highest BCUT2D eigenvalue weighted by Gasteiger charge is 2.26. The minimum atomic E-state index is -0.297. The van der Waals surface area contributed by atoms with Gasteiger partial charge in [0.1, 0.15) is 5.69 Å². The number of aromatic hydroxyl groups is 1. The fraction of sp³-hybridized carbons (Fsp3) is 0.158. The van der Waals surface area contributed by atoms with Crippen LogP contribution in [0.5, 0.6) is 5.88 Å². The number of hydrogen-bond acceptors (Lipinski definition) is 4. The number of fused-ring (bicyclic) bond motifs is 2. The molecule has 7 heteroatoms. The first-order valence-corrected chi connectivity index (χ1v) is 8.78. The van der Waals surface area contributed by atoms with Crippen LogP contribution in [0.25, 0.3) is 5.69 Å². The Bertz CT molecular complexity index is 1120. The van der Waals surface area contributed by atoms with Crippen molar-refractivity contribution < 1.29 is 5.11 Å². The van der Waals surface area contributed by atoms with Crippen molar-refractivity contribution in [1.82, 2.24) is 9.78 Å². The number of aryl methyl sites for hydroxylation is 2. The molecule has 1 aliphatic rings. The lowest BCUT2D eigenvalue weighted by Gasteiger charge is -2.23. The van der Waals surface area contributed by atoms with Crippen LogP contribution in [0.2, 0.25) is 10.0 Å². The molecule has 2 heterocycles. The molecule has 0 radical (unpaired) electrons. The lowest BCUT2D eigenvalue weighted by molar-refractivity contribution is 0.437. The average molecular weight is 388 g/mol.